The molecule has 1 heterocycles. The molecule has 0 saturated carbocycles. The molecule has 4 rings (SSSR count). The van der Waals surface area contributed by atoms with Crippen molar-refractivity contribution in [3.63, 3.8) is 0 Å². The third-order valence-electron chi connectivity index (χ3n) is 4.51. The van der Waals surface area contributed by atoms with Crippen LogP contribution in [0.15, 0.2) is 48.5 Å². The van der Waals surface area contributed by atoms with Crippen LogP contribution in [0, 0.1) is 0 Å². The molecule has 0 atom stereocenters. The molecule has 2 aliphatic rings. The minimum Gasteiger partial charge on any atom is -0.359 e. The molecular formula is C18H18N2S. The van der Waals surface area contributed by atoms with Gasteiger partial charge in [0, 0.05) is 18.3 Å². The van der Waals surface area contributed by atoms with Crippen LogP contribution >= 0.6 is 12.2 Å². The number of rotatable bonds is 1. The summed E-state index contributed by atoms with van der Waals surface area (Å²) in [5.74, 6) is 0. The zero-order chi connectivity index (χ0) is 14.2. The predicted molar refractivity (Wildman–Crippen MR) is 90.9 cm³/mol. The minimum atomic E-state index is 0.433. The Morgan fingerprint density at radius 2 is 1.57 bits per heavy atom. The van der Waals surface area contributed by atoms with E-state index in [4.69, 9.17) is 12.2 Å². The molecule has 0 amide bonds. The molecule has 0 fully saturated rings. The van der Waals surface area contributed by atoms with Crippen LogP contribution in [0.5, 0.6) is 0 Å². The molecule has 2 nitrogen and oxygen atoms in total. The molecule has 2 aromatic rings. The molecule has 0 spiro atoms. The topological polar surface area (TPSA) is 15.3 Å². The molecule has 1 N–H and O–H groups in total. The lowest BCUT2D eigenvalue weighted by Gasteiger charge is -2.24. The quantitative estimate of drug-likeness (QED) is 0.814. The van der Waals surface area contributed by atoms with Crippen molar-refractivity contribution in [2.24, 2.45) is 0 Å². The highest BCUT2D eigenvalue weighted by molar-refractivity contribution is 7.80. The maximum Gasteiger partial charge on any atom is 0.173 e. The zero-order valence-corrected chi connectivity index (χ0v) is 12.7. The molecule has 0 saturated heterocycles. The summed E-state index contributed by atoms with van der Waals surface area (Å²) >= 11 is 5.65. The number of hydrogen-bond donors (Lipinski definition) is 1. The van der Waals surface area contributed by atoms with Crippen molar-refractivity contribution in [2.75, 3.05) is 11.4 Å². The molecule has 1 aliphatic heterocycles. The lowest BCUT2D eigenvalue weighted by atomic mass is 10.1. The summed E-state index contributed by atoms with van der Waals surface area (Å²) in [7, 11) is 0. The molecule has 3 heteroatoms. The SMILES string of the molecule is S=C(NC1Cc2ccccc2C1)N1CCc2ccccc21. The van der Waals surface area contributed by atoms with E-state index in [1.165, 1.54) is 22.4 Å². The first-order chi connectivity index (χ1) is 10.3. The van der Waals surface area contributed by atoms with Crippen molar-refractivity contribution in [3.8, 4) is 0 Å². The number of nitrogens with one attached hydrogen (secondary N) is 1. The van der Waals surface area contributed by atoms with Crippen molar-refractivity contribution in [2.45, 2.75) is 25.3 Å². The fraction of sp³-hybridized carbons (Fsp3) is 0.278. The van der Waals surface area contributed by atoms with Crippen LogP contribution in [-0.4, -0.2) is 17.7 Å². The van der Waals surface area contributed by atoms with Gasteiger partial charge in [-0.15, -0.1) is 0 Å². The Labute approximate surface area is 130 Å². The lowest BCUT2D eigenvalue weighted by Crippen LogP contribution is -2.44. The van der Waals surface area contributed by atoms with E-state index >= 15 is 0 Å². The van der Waals surface area contributed by atoms with E-state index in [2.05, 4.69) is 58.7 Å². The fourth-order valence-electron chi connectivity index (χ4n) is 3.46. The molecule has 0 radical (unpaired) electrons. The Morgan fingerprint density at radius 1 is 0.952 bits per heavy atom. The molecular weight excluding hydrogens is 276 g/mol. The molecule has 1 aliphatic carbocycles. The van der Waals surface area contributed by atoms with Gasteiger partial charge in [-0.05, 0) is 54.2 Å². The van der Waals surface area contributed by atoms with Gasteiger partial charge in [-0.1, -0.05) is 42.5 Å². The van der Waals surface area contributed by atoms with Crippen molar-refractivity contribution >= 4 is 23.0 Å². The molecule has 0 aromatic heterocycles. The molecule has 106 valence electrons. The maximum absolute atomic E-state index is 5.65. The number of benzene rings is 2. The van der Waals surface area contributed by atoms with Gasteiger partial charge in [0.1, 0.15) is 0 Å². The summed E-state index contributed by atoms with van der Waals surface area (Å²) < 4.78 is 0. The second-order valence-electron chi connectivity index (χ2n) is 5.85. The van der Waals surface area contributed by atoms with Gasteiger partial charge in [0.25, 0.3) is 0 Å². The first kappa shape index (κ1) is 12.8. The van der Waals surface area contributed by atoms with Gasteiger partial charge in [0.15, 0.2) is 5.11 Å². The summed E-state index contributed by atoms with van der Waals surface area (Å²) in [4.78, 5) is 2.24. The van der Waals surface area contributed by atoms with E-state index in [1.807, 2.05) is 0 Å². The molecule has 2 aromatic carbocycles. The normalized spacial score (nSPS) is 16.7. The van der Waals surface area contributed by atoms with Crippen molar-refractivity contribution < 1.29 is 0 Å². The van der Waals surface area contributed by atoms with E-state index < -0.39 is 0 Å². The van der Waals surface area contributed by atoms with E-state index in [-0.39, 0.29) is 0 Å². The predicted octanol–water partition coefficient (Wildman–Crippen LogP) is 3.09. The minimum absolute atomic E-state index is 0.433. The van der Waals surface area contributed by atoms with Gasteiger partial charge >= 0.3 is 0 Å². The van der Waals surface area contributed by atoms with Crippen LogP contribution in [0.4, 0.5) is 5.69 Å². The summed E-state index contributed by atoms with van der Waals surface area (Å²) in [5.41, 5.74) is 5.58. The van der Waals surface area contributed by atoms with Gasteiger partial charge in [0.05, 0.1) is 0 Å². The average Bonchev–Trinajstić information content (AvgIpc) is 3.10. The standard InChI is InChI=1S/C18H18N2S/c21-18(20-10-9-13-5-3-4-8-17(13)20)19-16-11-14-6-1-2-7-15(14)12-16/h1-8,16H,9-12H2,(H,19,21). The van der Waals surface area contributed by atoms with E-state index in [1.54, 1.807) is 0 Å². The molecule has 0 bridgehead atoms. The highest BCUT2D eigenvalue weighted by Crippen LogP contribution is 2.28. The first-order valence-electron chi connectivity index (χ1n) is 7.54. The molecule has 0 unspecified atom stereocenters. The van der Waals surface area contributed by atoms with E-state index in [9.17, 15) is 0 Å². The Kier molecular flexibility index (Phi) is 3.15. The first-order valence-corrected chi connectivity index (χ1v) is 7.95. The summed E-state index contributed by atoms with van der Waals surface area (Å²) in [6.45, 7) is 0.991. The van der Waals surface area contributed by atoms with Gasteiger partial charge in [0.2, 0.25) is 0 Å². The smallest absolute Gasteiger partial charge is 0.173 e. The zero-order valence-electron chi connectivity index (χ0n) is 11.9. The number of fused-ring (bicyclic) bond motifs is 2. The Hall–Kier alpha value is -1.87. The van der Waals surface area contributed by atoms with Crippen LogP contribution in [0.2, 0.25) is 0 Å². The number of thiocarbonyl (C=S) groups is 1. The van der Waals surface area contributed by atoms with E-state index in [0.717, 1.165) is 30.9 Å². The Balaban J connectivity index is 1.47. The maximum atomic E-state index is 5.65. The number of hydrogen-bond acceptors (Lipinski definition) is 1. The number of anilines is 1. The van der Waals surface area contributed by atoms with Crippen LogP contribution in [0.3, 0.4) is 0 Å². The van der Waals surface area contributed by atoms with Gasteiger partial charge < -0.3 is 10.2 Å². The lowest BCUT2D eigenvalue weighted by molar-refractivity contribution is 0.642. The fourth-order valence-corrected chi connectivity index (χ4v) is 3.82. The van der Waals surface area contributed by atoms with Gasteiger partial charge in [-0.2, -0.15) is 0 Å². The second-order valence-corrected chi connectivity index (χ2v) is 6.24. The largest absolute Gasteiger partial charge is 0.359 e. The van der Waals surface area contributed by atoms with Gasteiger partial charge in [-0.3, -0.25) is 0 Å². The van der Waals surface area contributed by atoms with Crippen molar-refractivity contribution in [1.82, 2.24) is 5.32 Å². The Morgan fingerprint density at radius 3 is 2.29 bits per heavy atom. The second kappa shape index (κ2) is 5.15. The highest BCUT2D eigenvalue weighted by atomic mass is 32.1. The monoisotopic (exact) mass is 294 g/mol. The summed E-state index contributed by atoms with van der Waals surface area (Å²) in [6.07, 6.45) is 3.24. The third kappa shape index (κ3) is 2.32. The summed E-state index contributed by atoms with van der Waals surface area (Å²) in [6, 6.07) is 17.7. The Bertz CT molecular complexity index is 670. The van der Waals surface area contributed by atoms with Crippen molar-refractivity contribution in [3.05, 3.63) is 65.2 Å². The number of nitrogens with zero attached hydrogens (tertiary/aromatic N) is 1. The van der Waals surface area contributed by atoms with Crippen LogP contribution in [0.1, 0.15) is 16.7 Å². The molecule has 21 heavy (non-hydrogen) atoms. The average molecular weight is 294 g/mol. The highest BCUT2D eigenvalue weighted by Gasteiger charge is 2.26. The van der Waals surface area contributed by atoms with Crippen LogP contribution in [0.25, 0.3) is 0 Å². The van der Waals surface area contributed by atoms with Crippen molar-refractivity contribution in [1.29, 1.82) is 0 Å². The van der Waals surface area contributed by atoms with Crippen LogP contribution < -0.4 is 10.2 Å². The number of para-hydroxylation sites is 1. The van der Waals surface area contributed by atoms with Crippen LogP contribution in [-0.2, 0) is 19.3 Å². The summed E-state index contributed by atoms with van der Waals surface area (Å²) in [5, 5.41) is 4.44. The third-order valence-corrected chi connectivity index (χ3v) is 4.85. The van der Waals surface area contributed by atoms with Gasteiger partial charge in [-0.25, -0.2) is 0 Å². The van der Waals surface area contributed by atoms with E-state index in [0.29, 0.717) is 6.04 Å².